The van der Waals surface area contributed by atoms with E-state index in [0.29, 0.717) is 37.2 Å². The SMILES string of the molecule is COCCOCCCCNC(=O)c1cccc(Cl)n1. The second-order valence-corrected chi connectivity index (χ2v) is 4.30. The number of hydrogen-bond acceptors (Lipinski definition) is 4. The summed E-state index contributed by atoms with van der Waals surface area (Å²) in [6, 6.07) is 4.97. The van der Waals surface area contributed by atoms with Crippen LogP contribution in [0.25, 0.3) is 0 Å². The van der Waals surface area contributed by atoms with Crippen molar-refractivity contribution in [2.75, 3.05) is 33.5 Å². The molecule has 0 saturated carbocycles. The third-order valence-electron chi connectivity index (χ3n) is 2.38. The number of amides is 1. The molecule has 106 valence electrons. The lowest BCUT2D eigenvalue weighted by Crippen LogP contribution is -2.25. The third-order valence-corrected chi connectivity index (χ3v) is 2.59. The zero-order chi connectivity index (χ0) is 13.9. The number of carbonyl (C=O) groups is 1. The number of halogens is 1. The lowest BCUT2D eigenvalue weighted by atomic mass is 10.3. The smallest absolute Gasteiger partial charge is 0.269 e. The molecule has 1 aromatic heterocycles. The molecule has 0 atom stereocenters. The first kappa shape index (κ1) is 15.9. The first-order chi connectivity index (χ1) is 9.24. The van der Waals surface area contributed by atoms with Gasteiger partial charge in [-0.15, -0.1) is 0 Å². The summed E-state index contributed by atoms with van der Waals surface area (Å²) in [6.07, 6.45) is 1.76. The first-order valence-corrected chi connectivity index (χ1v) is 6.59. The highest BCUT2D eigenvalue weighted by Gasteiger charge is 2.06. The maximum absolute atomic E-state index is 11.7. The van der Waals surface area contributed by atoms with Crippen molar-refractivity contribution in [2.24, 2.45) is 0 Å². The van der Waals surface area contributed by atoms with Crippen molar-refractivity contribution in [3.05, 3.63) is 29.0 Å². The Morgan fingerprint density at radius 3 is 2.89 bits per heavy atom. The van der Waals surface area contributed by atoms with E-state index >= 15 is 0 Å². The Kier molecular flexibility index (Phi) is 8.13. The van der Waals surface area contributed by atoms with Crippen molar-refractivity contribution in [1.29, 1.82) is 0 Å². The van der Waals surface area contributed by atoms with Gasteiger partial charge in [-0.05, 0) is 25.0 Å². The summed E-state index contributed by atoms with van der Waals surface area (Å²) in [4.78, 5) is 15.6. The van der Waals surface area contributed by atoms with Gasteiger partial charge < -0.3 is 14.8 Å². The fourth-order valence-corrected chi connectivity index (χ4v) is 1.56. The highest BCUT2D eigenvalue weighted by Crippen LogP contribution is 2.04. The maximum Gasteiger partial charge on any atom is 0.269 e. The fraction of sp³-hybridized carbons (Fsp3) is 0.538. The molecular formula is C13H19ClN2O3. The van der Waals surface area contributed by atoms with Crippen LogP contribution in [0.5, 0.6) is 0 Å². The highest BCUT2D eigenvalue weighted by molar-refractivity contribution is 6.29. The van der Waals surface area contributed by atoms with E-state index in [1.54, 1.807) is 25.3 Å². The maximum atomic E-state index is 11.7. The van der Waals surface area contributed by atoms with Crippen molar-refractivity contribution < 1.29 is 14.3 Å². The summed E-state index contributed by atoms with van der Waals surface area (Å²) in [5, 5.41) is 3.11. The van der Waals surface area contributed by atoms with Gasteiger partial charge in [0.1, 0.15) is 10.8 Å². The van der Waals surface area contributed by atoms with Crippen molar-refractivity contribution >= 4 is 17.5 Å². The number of rotatable bonds is 9. The Hall–Kier alpha value is -1.17. The van der Waals surface area contributed by atoms with Crippen LogP contribution in [0, 0.1) is 0 Å². The van der Waals surface area contributed by atoms with E-state index in [-0.39, 0.29) is 5.91 Å². The molecule has 1 heterocycles. The predicted molar refractivity (Wildman–Crippen MR) is 73.5 cm³/mol. The number of pyridine rings is 1. The standard InChI is InChI=1S/C13H19ClN2O3/c1-18-9-10-19-8-3-2-7-15-13(17)11-5-4-6-12(14)16-11/h4-6H,2-3,7-10H2,1H3,(H,15,17). The molecule has 0 aromatic carbocycles. The lowest BCUT2D eigenvalue weighted by Gasteiger charge is -2.05. The Labute approximate surface area is 118 Å². The zero-order valence-electron chi connectivity index (χ0n) is 11.0. The Morgan fingerprint density at radius 2 is 2.16 bits per heavy atom. The summed E-state index contributed by atoms with van der Waals surface area (Å²) in [6.45, 7) is 2.49. The van der Waals surface area contributed by atoms with Gasteiger partial charge >= 0.3 is 0 Å². The van der Waals surface area contributed by atoms with Gasteiger partial charge in [0.2, 0.25) is 0 Å². The zero-order valence-corrected chi connectivity index (χ0v) is 11.8. The molecule has 1 aromatic rings. The molecule has 0 aliphatic carbocycles. The summed E-state index contributed by atoms with van der Waals surface area (Å²) < 4.78 is 10.2. The van der Waals surface area contributed by atoms with E-state index in [2.05, 4.69) is 10.3 Å². The van der Waals surface area contributed by atoms with Crippen molar-refractivity contribution in [3.63, 3.8) is 0 Å². The minimum Gasteiger partial charge on any atom is -0.382 e. The van der Waals surface area contributed by atoms with Crippen LogP contribution in [0.2, 0.25) is 5.15 Å². The highest BCUT2D eigenvalue weighted by atomic mass is 35.5. The van der Waals surface area contributed by atoms with Crippen LogP contribution in [0.15, 0.2) is 18.2 Å². The van der Waals surface area contributed by atoms with Crippen LogP contribution in [-0.2, 0) is 9.47 Å². The number of carbonyl (C=O) groups excluding carboxylic acids is 1. The molecule has 0 aliphatic rings. The molecule has 0 bridgehead atoms. The molecule has 1 rings (SSSR count). The summed E-state index contributed by atoms with van der Waals surface area (Å²) in [5.41, 5.74) is 0.337. The molecule has 0 saturated heterocycles. The second kappa shape index (κ2) is 9.72. The molecule has 6 heteroatoms. The van der Waals surface area contributed by atoms with E-state index in [4.69, 9.17) is 21.1 Å². The molecular weight excluding hydrogens is 268 g/mol. The first-order valence-electron chi connectivity index (χ1n) is 6.21. The number of hydrogen-bond donors (Lipinski definition) is 1. The Morgan fingerprint density at radius 1 is 1.32 bits per heavy atom. The van der Waals surface area contributed by atoms with Crippen LogP contribution in [-0.4, -0.2) is 44.4 Å². The topological polar surface area (TPSA) is 60.5 Å². The van der Waals surface area contributed by atoms with Crippen molar-refractivity contribution in [1.82, 2.24) is 10.3 Å². The van der Waals surface area contributed by atoms with Gasteiger partial charge in [-0.25, -0.2) is 4.98 Å². The normalized spacial score (nSPS) is 10.4. The molecule has 0 spiro atoms. The van der Waals surface area contributed by atoms with Crippen LogP contribution in [0.3, 0.4) is 0 Å². The lowest BCUT2D eigenvalue weighted by molar-refractivity contribution is 0.0686. The largest absolute Gasteiger partial charge is 0.382 e. The van der Waals surface area contributed by atoms with E-state index in [9.17, 15) is 4.79 Å². The molecule has 0 aliphatic heterocycles. The van der Waals surface area contributed by atoms with Gasteiger partial charge in [-0.2, -0.15) is 0 Å². The van der Waals surface area contributed by atoms with E-state index in [1.807, 2.05) is 0 Å². The fourth-order valence-electron chi connectivity index (χ4n) is 1.40. The minimum atomic E-state index is -0.206. The second-order valence-electron chi connectivity index (χ2n) is 3.91. The average Bonchev–Trinajstić information content (AvgIpc) is 2.41. The van der Waals surface area contributed by atoms with Gasteiger partial charge in [-0.1, -0.05) is 17.7 Å². The third kappa shape index (κ3) is 7.10. The van der Waals surface area contributed by atoms with Crippen LogP contribution in [0.1, 0.15) is 23.3 Å². The van der Waals surface area contributed by atoms with E-state index < -0.39 is 0 Å². The molecule has 0 fully saturated rings. The van der Waals surface area contributed by atoms with Crippen molar-refractivity contribution in [2.45, 2.75) is 12.8 Å². The van der Waals surface area contributed by atoms with Gasteiger partial charge in [0.15, 0.2) is 0 Å². The monoisotopic (exact) mass is 286 g/mol. The summed E-state index contributed by atoms with van der Waals surface area (Å²) in [5.74, 6) is -0.206. The summed E-state index contributed by atoms with van der Waals surface area (Å²) in [7, 11) is 1.64. The summed E-state index contributed by atoms with van der Waals surface area (Å²) >= 11 is 5.72. The quantitative estimate of drug-likeness (QED) is 0.556. The number of ether oxygens (including phenoxy) is 2. The molecule has 0 radical (unpaired) electrons. The Bertz CT molecular complexity index is 388. The van der Waals surface area contributed by atoms with Gasteiger partial charge in [0, 0.05) is 20.3 Å². The number of methoxy groups -OCH3 is 1. The molecule has 1 N–H and O–H groups in total. The van der Waals surface area contributed by atoms with Gasteiger partial charge in [0.25, 0.3) is 5.91 Å². The Balaban J connectivity index is 2.08. The van der Waals surface area contributed by atoms with Crippen LogP contribution < -0.4 is 5.32 Å². The van der Waals surface area contributed by atoms with Gasteiger partial charge in [0.05, 0.1) is 13.2 Å². The minimum absolute atomic E-state index is 0.206. The van der Waals surface area contributed by atoms with Crippen LogP contribution >= 0.6 is 11.6 Å². The molecule has 19 heavy (non-hydrogen) atoms. The number of nitrogens with one attached hydrogen (secondary N) is 1. The molecule has 5 nitrogen and oxygen atoms in total. The van der Waals surface area contributed by atoms with Crippen molar-refractivity contribution in [3.8, 4) is 0 Å². The van der Waals surface area contributed by atoms with E-state index in [0.717, 1.165) is 12.8 Å². The molecule has 1 amide bonds. The number of unbranched alkanes of at least 4 members (excludes halogenated alkanes) is 1. The molecule has 0 unspecified atom stereocenters. The average molecular weight is 287 g/mol. The van der Waals surface area contributed by atoms with Gasteiger partial charge in [-0.3, -0.25) is 4.79 Å². The number of nitrogens with zero attached hydrogens (tertiary/aromatic N) is 1. The van der Waals surface area contributed by atoms with E-state index in [1.165, 1.54) is 0 Å². The van der Waals surface area contributed by atoms with Crippen LogP contribution in [0.4, 0.5) is 0 Å². The number of aromatic nitrogens is 1. The predicted octanol–water partition coefficient (Wildman–Crippen LogP) is 1.91.